The fourth-order valence-corrected chi connectivity index (χ4v) is 2.05. The minimum atomic E-state index is 0.800. The summed E-state index contributed by atoms with van der Waals surface area (Å²) in [4.78, 5) is 5.71. The highest BCUT2D eigenvalue weighted by atomic mass is 32.1. The minimum absolute atomic E-state index is 0.800. The predicted molar refractivity (Wildman–Crippen MR) is 62.8 cm³/mol. The molecule has 3 N–H and O–H groups in total. The molecule has 0 amide bonds. The lowest BCUT2D eigenvalue weighted by Gasteiger charge is -2.04. The number of amidine groups is 1. The van der Waals surface area contributed by atoms with Crippen LogP contribution in [0.3, 0.4) is 0 Å². The molecule has 0 spiro atoms. The first-order valence-corrected chi connectivity index (χ1v) is 5.64. The van der Waals surface area contributed by atoms with Gasteiger partial charge in [0.2, 0.25) is 0 Å². The van der Waals surface area contributed by atoms with Crippen LogP contribution in [-0.2, 0) is 0 Å². The number of aryl methyl sites for hydroxylation is 1. The lowest BCUT2D eigenvalue weighted by molar-refractivity contribution is 0.907. The molecular formula is C10H17N3S. The van der Waals surface area contributed by atoms with Gasteiger partial charge >= 0.3 is 0 Å². The van der Waals surface area contributed by atoms with E-state index in [0.717, 1.165) is 24.4 Å². The van der Waals surface area contributed by atoms with E-state index in [1.54, 1.807) is 11.3 Å². The molecule has 0 radical (unpaired) electrons. The summed E-state index contributed by atoms with van der Waals surface area (Å²) in [5.41, 5.74) is 5.06. The Kier molecular flexibility index (Phi) is 4.10. The highest BCUT2D eigenvalue weighted by Gasteiger charge is 2.08. The van der Waals surface area contributed by atoms with Gasteiger partial charge in [0, 0.05) is 22.4 Å². The average molecular weight is 211 g/mol. The SMILES string of the molecule is CCCN=C(NN)c1csc(C)c1C. The largest absolute Gasteiger partial charge is 0.308 e. The van der Waals surface area contributed by atoms with E-state index in [1.807, 2.05) is 0 Å². The first-order valence-electron chi connectivity index (χ1n) is 4.76. The molecule has 1 aromatic heterocycles. The van der Waals surface area contributed by atoms with Crippen molar-refractivity contribution in [2.24, 2.45) is 10.8 Å². The normalized spacial score (nSPS) is 11.9. The molecule has 0 saturated carbocycles. The molecule has 0 unspecified atom stereocenters. The number of aliphatic imine (C=N–C) groups is 1. The van der Waals surface area contributed by atoms with Gasteiger partial charge in [0.25, 0.3) is 0 Å². The van der Waals surface area contributed by atoms with Crippen LogP contribution in [0.4, 0.5) is 0 Å². The standard InChI is InChI=1S/C10H17N3S/c1-4-5-12-10(13-11)9-6-14-8(3)7(9)2/h6H,4-5,11H2,1-3H3,(H,12,13). The van der Waals surface area contributed by atoms with Crippen LogP contribution in [0.15, 0.2) is 10.4 Å². The number of thiophene rings is 1. The van der Waals surface area contributed by atoms with Crippen LogP contribution < -0.4 is 11.3 Å². The Morgan fingerprint density at radius 3 is 2.71 bits per heavy atom. The summed E-state index contributed by atoms with van der Waals surface area (Å²) in [6.07, 6.45) is 1.04. The Balaban J connectivity index is 2.95. The monoisotopic (exact) mass is 211 g/mol. The average Bonchev–Trinajstić information content (AvgIpc) is 2.51. The molecule has 0 fully saturated rings. The van der Waals surface area contributed by atoms with Gasteiger partial charge in [-0.15, -0.1) is 11.3 Å². The van der Waals surface area contributed by atoms with Crippen molar-refractivity contribution in [2.45, 2.75) is 27.2 Å². The van der Waals surface area contributed by atoms with Crippen molar-refractivity contribution in [2.75, 3.05) is 6.54 Å². The van der Waals surface area contributed by atoms with Crippen molar-refractivity contribution < 1.29 is 0 Å². The van der Waals surface area contributed by atoms with Crippen molar-refractivity contribution in [1.82, 2.24) is 5.43 Å². The van der Waals surface area contributed by atoms with E-state index < -0.39 is 0 Å². The Morgan fingerprint density at radius 1 is 1.57 bits per heavy atom. The summed E-state index contributed by atoms with van der Waals surface area (Å²) in [5.74, 6) is 6.25. The molecule has 0 aromatic carbocycles. The Morgan fingerprint density at radius 2 is 2.29 bits per heavy atom. The Bertz CT molecular complexity index is 328. The van der Waals surface area contributed by atoms with Crippen molar-refractivity contribution in [3.63, 3.8) is 0 Å². The van der Waals surface area contributed by atoms with Gasteiger partial charge in [-0.3, -0.25) is 4.99 Å². The van der Waals surface area contributed by atoms with Crippen molar-refractivity contribution in [3.8, 4) is 0 Å². The zero-order chi connectivity index (χ0) is 10.6. The van der Waals surface area contributed by atoms with E-state index in [1.165, 1.54) is 10.4 Å². The zero-order valence-electron chi connectivity index (χ0n) is 8.92. The summed E-state index contributed by atoms with van der Waals surface area (Å²) >= 11 is 1.73. The van der Waals surface area contributed by atoms with Crippen molar-refractivity contribution in [1.29, 1.82) is 0 Å². The summed E-state index contributed by atoms with van der Waals surface area (Å²) in [6.45, 7) is 7.12. The van der Waals surface area contributed by atoms with Gasteiger partial charge in [-0.25, -0.2) is 5.84 Å². The number of hydrogen-bond acceptors (Lipinski definition) is 3. The van der Waals surface area contributed by atoms with Crippen LogP contribution in [0.25, 0.3) is 0 Å². The fourth-order valence-electron chi connectivity index (χ4n) is 1.18. The molecule has 1 rings (SSSR count). The summed E-state index contributed by atoms with van der Waals surface area (Å²) in [6, 6.07) is 0. The van der Waals surface area contributed by atoms with Crippen LogP contribution >= 0.6 is 11.3 Å². The van der Waals surface area contributed by atoms with Gasteiger partial charge in [0.05, 0.1) is 0 Å². The highest BCUT2D eigenvalue weighted by Crippen LogP contribution is 2.20. The van der Waals surface area contributed by atoms with Gasteiger partial charge in [0.1, 0.15) is 5.84 Å². The Labute approximate surface area is 89.0 Å². The van der Waals surface area contributed by atoms with Gasteiger partial charge in [-0.1, -0.05) is 6.92 Å². The first-order chi connectivity index (χ1) is 6.70. The van der Waals surface area contributed by atoms with E-state index in [2.05, 4.69) is 36.6 Å². The molecular weight excluding hydrogens is 194 g/mol. The van der Waals surface area contributed by atoms with E-state index in [0.29, 0.717) is 0 Å². The number of hydrogen-bond donors (Lipinski definition) is 2. The van der Waals surface area contributed by atoms with Crippen molar-refractivity contribution >= 4 is 17.2 Å². The summed E-state index contributed by atoms with van der Waals surface area (Å²) in [5, 5.41) is 2.10. The van der Waals surface area contributed by atoms with E-state index in [9.17, 15) is 0 Å². The fraction of sp³-hybridized carbons (Fsp3) is 0.500. The van der Waals surface area contributed by atoms with E-state index in [-0.39, 0.29) is 0 Å². The zero-order valence-corrected chi connectivity index (χ0v) is 9.74. The number of nitrogens with zero attached hydrogens (tertiary/aromatic N) is 1. The number of rotatable bonds is 3. The smallest absolute Gasteiger partial charge is 0.143 e. The molecule has 0 aliphatic rings. The first kappa shape index (κ1) is 11.2. The van der Waals surface area contributed by atoms with E-state index >= 15 is 0 Å². The van der Waals surface area contributed by atoms with Crippen LogP contribution in [0, 0.1) is 13.8 Å². The van der Waals surface area contributed by atoms with Crippen molar-refractivity contribution in [3.05, 3.63) is 21.4 Å². The minimum Gasteiger partial charge on any atom is -0.308 e. The quantitative estimate of drug-likeness (QED) is 0.348. The number of nitrogens with two attached hydrogens (primary N) is 1. The predicted octanol–water partition coefficient (Wildman–Crippen LogP) is 1.98. The maximum absolute atomic E-state index is 5.45. The van der Waals surface area contributed by atoms with Gasteiger partial charge in [-0.2, -0.15) is 0 Å². The van der Waals surface area contributed by atoms with Gasteiger partial charge < -0.3 is 5.43 Å². The number of nitrogens with one attached hydrogen (secondary N) is 1. The second-order valence-corrected chi connectivity index (χ2v) is 4.29. The number of hydrazine groups is 1. The molecule has 0 bridgehead atoms. The third-order valence-corrected chi connectivity index (χ3v) is 3.18. The maximum atomic E-state index is 5.45. The third kappa shape index (κ3) is 2.33. The summed E-state index contributed by atoms with van der Waals surface area (Å²) in [7, 11) is 0. The highest BCUT2D eigenvalue weighted by molar-refractivity contribution is 7.10. The molecule has 78 valence electrons. The lowest BCUT2D eigenvalue weighted by atomic mass is 10.1. The van der Waals surface area contributed by atoms with Gasteiger partial charge in [-0.05, 0) is 25.8 Å². The molecule has 3 nitrogen and oxygen atoms in total. The summed E-state index contributed by atoms with van der Waals surface area (Å²) < 4.78 is 0. The topological polar surface area (TPSA) is 50.4 Å². The molecule has 0 saturated heterocycles. The van der Waals surface area contributed by atoms with Gasteiger partial charge in [0.15, 0.2) is 0 Å². The second kappa shape index (κ2) is 5.12. The third-order valence-electron chi connectivity index (χ3n) is 2.17. The van der Waals surface area contributed by atoms with Crippen LogP contribution in [0.2, 0.25) is 0 Å². The van der Waals surface area contributed by atoms with Crippen LogP contribution in [-0.4, -0.2) is 12.4 Å². The molecule has 1 heterocycles. The molecule has 1 aromatic rings. The molecule has 0 aliphatic carbocycles. The molecule has 14 heavy (non-hydrogen) atoms. The second-order valence-electron chi connectivity index (χ2n) is 3.21. The van der Waals surface area contributed by atoms with E-state index in [4.69, 9.17) is 5.84 Å². The van der Waals surface area contributed by atoms with Crippen LogP contribution in [0.1, 0.15) is 29.3 Å². The molecule has 4 heteroatoms. The molecule has 0 atom stereocenters. The lowest BCUT2D eigenvalue weighted by Crippen LogP contribution is -2.31. The molecule has 0 aliphatic heterocycles. The maximum Gasteiger partial charge on any atom is 0.143 e. The Hall–Kier alpha value is -0.870. The van der Waals surface area contributed by atoms with Crippen LogP contribution in [0.5, 0.6) is 0 Å².